The highest BCUT2D eigenvalue weighted by Gasteiger charge is 2.19. The van der Waals surface area contributed by atoms with Crippen molar-refractivity contribution in [3.8, 4) is 11.5 Å². The van der Waals surface area contributed by atoms with Crippen LogP contribution in [0.3, 0.4) is 0 Å². The van der Waals surface area contributed by atoms with Gasteiger partial charge in [-0.3, -0.25) is 0 Å². The molecule has 0 atom stereocenters. The van der Waals surface area contributed by atoms with Crippen LogP contribution >= 0.6 is 0 Å². The largest absolute Gasteiger partial charge is 0.504 e. The number of hydrogen-bond acceptors (Lipinski definition) is 4. The molecule has 0 fully saturated rings. The number of aromatic hydroxyl groups is 1. The third kappa shape index (κ3) is 1.61. The van der Waals surface area contributed by atoms with Crippen LogP contribution in [0.15, 0.2) is 6.20 Å². The summed E-state index contributed by atoms with van der Waals surface area (Å²) in [5.74, 6) is -0.656. The van der Waals surface area contributed by atoms with Gasteiger partial charge >= 0.3 is 0 Å². The minimum Gasteiger partial charge on any atom is -0.504 e. The predicted octanol–water partition coefficient (Wildman–Crippen LogP) is 1.32. The van der Waals surface area contributed by atoms with Crippen molar-refractivity contribution < 1.29 is 18.6 Å². The van der Waals surface area contributed by atoms with Gasteiger partial charge in [-0.1, -0.05) is 0 Å². The molecule has 0 unspecified atom stereocenters. The number of nitrogens with two attached hydrogens (primary N) is 1. The van der Waals surface area contributed by atoms with Crippen molar-refractivity contribution in [2.24, 2.45) is 0 Å². The van der Waals surface area contributed by atoms with Crippen molar-refractivity contribution in [3.05, 3.63) is 11.9 Å². The highest BCUT2D eigenvalue weighted by Crippen LogP contribution is 2.36. The zero-order chi connectivity index (χ0) is 10.0. The summed E-state index contributed by atoms with van der Waals surface area (Å²) in [5, 5.41) is 9.13. The van der Waals surface area contributed by atoms with Crippen LogP contribution in [0.4, 0.5) is 14.5 Å². The van der Waals surface area contributed by atoms with Crippen LogP contribution in [0, 0.1) is 0 Å². The number of ether oxygens (including phenoxy) is 1. The fraction of sp³-hybridized carbons (Fsp3) is 0.286. The van der Waals surface area contributed by atoms with Crippen LogP contribution in [-0.4, -0.2) is 17.2 Å². The van der Waals surface area contributed by atoms with Gasteiger partial charge in [-0.25, -0.2) is 13.8 Å². The van der Waals surface area contributed by atoms with E-state index in [1.165, 1.54) is 7.11 Å². The summed E-state index contributed by atoms with van der Waals surface area (Å²) in [6, 6.07) is 0. The third-order valence-electron chi connectivity index (χ3n) is 1.51. The molecule has 6 heteroatoms. The first-order valence-electron chi connectivity index (χ1n) is 3.37. The number of hydrogen-bond donors (Lipinski definition) is 2. The number of nitrogens with zero attached hydrogens (tertiary/aromatic N) is 1. The molecule has 0 saturated heterocycles. The van der Waals surface area contributed by atoms with E-state index in [0.717, 1.165) is 6.20 Å². The summed E-state index contributed by atoms with van der Waals surface area (Å²) in [6.07, 6.45) is -1.82. The summed E-state index contributed by atoms with van der Waals surface area (Å²) in [7, 11) is 1.30. The monoisotopic (exact) mass is 190 g/mol. The van der Waals surface area contributed by atoms with Crippen molar-refractivity contribution in [2.45, 2.75) is 6.43 Å². The first-order chi connectivity index (χ1) is 6.07. The molecule has 0 aromatic carbocycles. The lowest BCUT2D eigenvalue weighted by atomic mass is 10.3. The maximum Gasteiger partial charge on any atom is 0.284 e. The Morgan fingerprint density at radius 3 is 2.69 bits per heavy atom. The van der Waals surface area contributed by atoms with Gasteiger partial charge in [-0.15, -0.1) is 0 Å². The lowest BCUT2D eigenvalue weighted by molar-refractivity contribution is 0.142. The molecule has 72 valence electrons. The number of methoxy groups -OCH3 is 1. The molecule has 1 heterocycles. The molecule has 0 aliphatic rings. The van der Waals surface area contributed by atoms with Gasteiger partial charge in [0, 0.05) is 0 Å². The molecule has 0 radical (unpaired) electrons. The Kier molecular flexibility index (Phi) is 2.50. The van der Waals surface area contributed by atoms with Gasteiger partial charge in [0.25, 0.3) is 6.43 Å². The van der Waals surface area contributed by atoms with Crippen LogP contribution in [0.1, 0.15) is 12.1 Å². The fourth-order valence-electron chi connectivity index (χ4n) is 0.836. The predicted molar refractivity (Wildman–Crippen MR) is 41.8 cm³/mol. The first-order valence-corrected chi connectivity index (χ1v) is 3.37. The molecule has 0 aliphatic carbocycles. The van der Waals surface area contributed by atoms with E-state index in [1.807, 2.05) is 0 Å². The minimum absolute atomic E-state index is 0.0712. The van der Waals surface area contributed by atoms with Crippen molar-refractivity contribution in [1.82, 2.24) is 4.98 Å². The van der Waals surface area contributed by atoms with E-state index in [2.05, 4.69) is 9.72 Å². The van der Waals surface area contributed by atoms with Crippen molar-refractivity contribution >= 4 is 5.69 Å². The number of anilines is 1. The molecule has 4 nitrogen and oxygen atoms in total. The zero-order valence-electron chi connectivity index (χ0n) is 6.79. The van der Waals surface area contributed by atoms with E-state index in [1.54, 1.807) is 0 Å². The number of pyridine rings is 1. The van der Waals surface area contributed by atoms with E-state index >= 15 is 0 Å². The minimum atomic E-state index is -2.85. The SMILES string of the molecule is COc1cnc(C(F)F)c(O)c1N. The van der Waals surface area contributed by atoms with E-state index in [9.17, 15) is 8.78 Å². The topological polar surface area (TPSA) is 68.4 Å². The van der Waals surface area contributed by atoms with Crippen LogP contribution in [0.2, 0.25) is 0 Å². The number of aromatic nitrogens is 1. The molecule has 0 aliphatic heterocycles. The van der Waals surface area contributed by atoms with Crippen molar-refractivity contribution in [1.29, 1.82) is 0 Å². The van der Waals surface area contributed by atoms with Crippen LogP contribution < -0.4 is 10.5 Å². The lowest BCUT2D eigenvalue weighted by Crippen LogP contribution is -1.98. The normalized spacial score (nSPS) is 10.5. The highest BCUT2D eigenvalue weighted by atomic mass is 19.3. The van der Waals surface area contributed by atoms with Crippen LogP contribution in [0.25, 0.3) is 0 Å². The van der Waals surface area contributed by atoms with Gasteiger partial charge in [0.1, 0.15) is 5.69 Å². The fourth-order valence-corrected chi connectivity index (χ4v) is 0.836. The van der Waals surface area contributed by atoms with Crippen LogP contribution in [0.5, 0.6) is 11.5 Å². The van der Waals surface area contributed by atoms with Gasteiger partial charge < -0.3 is 15.6 Å². The van der Waals surface area contributed by atoms with E-state index in [4.69, 9.17) is 10.8 Å². The Hall–Kier alpha value is -1.59. The molecule has 13 heavy (non-hydrogen) atoms. The molecule has 0 amide bonds. The van der Waals surface area contributed by atoms with Crippen molar-refractivity contribution in [3.63, 3.8) is 0 Å². The van der Waals surface area contributed by atoms with Gasteiger partial charge in [-0.05, 0) is 0 Å². The maximum atomic E-state index is 12.1. The van der Waals surface area contributed by atoms with Gasteiger partial charge in [-0.2, -0.15) is 0 Å². The lowest BCUT2D eigenvalue weighted by Gasteiger charge is -2.08. The Labute approximate surface area is 73.0 Å². The summed E-state index contributed by atoms with van der Waals surface area (Å²) >= 11 is 0. The average Bonchev–Trinajstić information content (AvgIpc) is 2.09. The number of halogens is 2. The molecule has 1 aromatic rings. The van der Waals surface area contributed by atoms with Gasteiger partial charge in [0.05, 0.1) is 13.3 Å². The van der Waals surface area contributed by atoms with E-state index < -0.39 is 17.9 Å². The Morgan fingerprint density at radius 1 is 1.62 bits per heavy atom. The summed E-state index contributed by atoms with van der Waals surface area (Å²) < 4.78 is 28.9. The quantitative estimate of drug-likeness (QED) is 0.737. The van der Waals surface area contributed by atoms with Gasteiger partial charge in [0.15, 0.2) is 17.2 Å². The summed E-state index contributed by atoms with van der Waals surface area (Å²) in [4.78, 5) is 3.30. The third-order valence-corrected chi connectivity index (χ3v) is 1.51. The molecule has 1 rings (SSSR count). The number of alkyl halides is 2. The average molecular weight is 190 g/mol. The van der Waals surface area contributed by atoms with E-state index in [0.29, 0.717) is 0 Å². The highest BCUT2D eigenvalue weighted by molar-refractivity contribution is 5.62. The second-order valence-electron chi connectivity index (χ2n) is 2.27. The zero-order valence-corrected chi connectivity index (χ0v) is 6.79. The number of rotatable bonds is 2. The van der Waals surface area contributed by atoms with Crippen LogP contribution in [-0.2, 0) is 0 Å². The molecule has 0 saturated carbocycles. The molecule has 0 bridgehead atoms. The smallest absolute Gasteiger partial charge is 0.284 e. The molecular weight excluding hydrogens is 182 g/mol. The summed E-state index contributed by atoms with van der Waals surface area (Å²) in [6.45, 7) is 0. The van der Waals surface area contributed by atoms with Gasteiger partial charge in [0.2, 0.25) is 0 Å². The molecular formula is C7H8F2N2O2. The second kappa shape index (κ2) is 3.42. The Bertz CT molecular complexity index is 318. The number of nitrogen functional groups attached to an aromatic ring is 1. The maximum absolute atomic E-state index is 12.1. The van der Waals surface area contributed by atoms with Crippen molar-refractivity contribution in [2.75, 3.05) is 12.8 Å². The Balaban J connectivity index is 3.23. The van der Waals surface area contributed by atoms with E-state index in [-0.39, 0.29) is 11.4 Å². The first kappa shape index (κ1) is 9.50. The standard InChI is InChI=1S/C7H8F2N2O2/c1-13-3-2-11-5(7(8)9)6(12)4(3)10/h2,7,12H,1H3,(H2,10,11). The molecule has 1 aromatic heterocycles. The Morgan fingerprint density at radius 2 is 2.23 bits per heavy atom. The molecule has 3 N–H and O–H groups in total. The summed E-state index contributed by atoms with van der Waals surface area (Å²) in [5.41, 5.74) is 4.32. The molecule has 0 spiro atoms. The second-order valence-corrected chi connectivity index (χ2v) is 2.27.